The van der Waals surface area contributed by atoms with Crippen molar-refractivity contribution in [3.8, 4) is 5.75 Å². The summed E-state index contributed by atoms with van der Waals surface area (Å²) in [6.07, 6.45) is 1.81. The zero-order valence-electron chi connectivity index (χ0n) is 20.5. The molecule has 0 spiro atoms. The van der Waals surface area contributed by atoms with Crippen LogP contribution >= 0.6 is 0 Å². The van der Waals surface area contributed by atoms with Gasteiger partial charge in [-0.25, -0.2) is 18.0 Å². The molecule has 2 heterocycles. The Hall–Kier alpha value is -2.37. The number of sulfone groups is 1. The maximum atomic E-state index is 12.6. The maximum Gasteiger partial charge on any atom is 0.410 e. The van der Waals surface area contributed by atoms with Gasteiger partial charge in [-0.2, -0.15) is 0 Å². The Labute approximate surface area is 207 Å². The molecule has 1 aromatic carbocycles. The summed E-state index contributed by atoms with van der Waals surface area (Å²) in [4.78, 5) is 25.9. The first-order valence-electron chi connectivity index (χ1n) is 12.3. The molecule has 0 aromatic heterocycles. The summed E-state index contributed by atoms with van der Waals surface area (Å²) in [6.45, 7) is 7.61. The van der Waals surface area contributed by atoms with Gasteiger partial charge in [0.15, 0.2) is 15.9 Å². The van der Waals surface area contributed by atoms with Crippen molar-refractivity contribution >= 4 is 21.9 Å². The molecule has 35 heavy (non-hydrogen) atoms. The van der Waals surface area contributed by atoms with Crippen LogP contribution in [0.25, 0.3) is 0 Å². The lowest BCUT2D eigenvalue weighted by Gasteiger charge is -2.35. The number of carbonyl (C=O) groups excluding carboxylic acids is 1. The zero-order chi connectivity index (χ0) is 25.6. The van der Waals surface area contributed by atoms with E-state index in [9.17, 15) is 23.1 Å². The molecule has 2 unspecified atom stereocenters. The van der Waals surface area contributed by atoms with Crippen LogP contribution in [0.1, 0.15) is 45.1 Å². The fourth-order valence-electron chi connectivity index (χ4n) is 4.50. The van der Waals surface area contributed by atoms with Gasteiger partial charge in [-0.1, -0.05) is 32.4 Å². The number of benzene rings is 1. The third kappa shape index (κ3) is 6.45. The number of carboxylic acids is 1. The molecule has 11 heteroatoms. The van der Waals surface area contributed by atoms with E-state index in [-0.39, 0.29) is 37.0 Å². The predicted molar refractivity (Wildman–Crippen MR) is 131 cm³/mol. The fraction of sp³-hybridized carbons (Fsp3) is 0.667. The second kappa shape index (κ2) is 11.6. The number of nitrogens with two attached hydrogens (primary N) is 1. The topological polar surface area (TPSA) is 139 Å². The number of piperidine rings is 1. The Morgan fingerprint density at radius 3 is 2.46 bits per heavy atom. The third-order valence-corrected chi connectivity index (χ3v) is 9.11. The Balaban J connectivity index is 1.54. The number of amides is 1. The Kier molecular flexibility index (Phi) is 9.00. The third-order valence-electron chi connectivity index (χ3n) is 6.86. The second-order valence-electron chi connectivity index (χ2n) is 9.32. The molecule has 0 aliphatic carbocycles. The highest BCUT2D eigenvalue weighted by molar-refractivity contribution is 7.93. The number of carbonyl (C=O) groups is 2. The number of carboxylic acid groups (broad SMARTS) is 1. The summed E-state index contributed by atoms with van der Waals surface area (Å²) in [5.74, 6) is -1.34. The number of nitrogens with zero attached hydrogens (tertiary/aromatic N) is 2. The maximum absolute atomic E-state index is 12.6. The molecule has 1 aromatic rings. The minimum Gasteiger partial charge on any atom is -0.490 e. The fourth-order valence-corrected chi connectivity index (χ4v) is 6.19. The molecular formula is C24H37N3O7S. The van der Waals surface area contributed by atoms with E-state index < -0.39 is 20.7 Å². The van der Waals surface area contributed by atoms with Crippen molar-refractivity contribution in [2.45, 2.75) is 63.0 Å². The number of likely N-dealkylation sites (tertiary alicyclic amines) is 1. The van der Waals surface area contributed by atoms with Gasteiger partial charge < -0.3 is 30.1 Å². The van der Waals surface area contributed by atoms with Crippen molar-refractivity contribution in [1.82, 2.24) is 9.80 Å². The highest BCUT2D eigenvalue weighted by Crippen LogP contribution is 2.25. The Bertz CT molecular complexity index is 977. The summed E-state index contributed by atoms with van der Waals surface area (Å²) in [6, 6.07) is 6.65. The molecule has 2 aliphatic heterocycles. The zero-order valence-corrected chi connectivity index (χ0v) is 21.3. The molecule has 0 radical (unpaired) electrons. The number of unbranched alkanes of at least 4 members (excludes halogenated alkanes) is 1. The van der Waals surface area contributed by atoms with Gasteiger partial charge in [0.1, 0.15) is 12.4 Å². The summed E-state index contributed by atoms with van der Waals surface area (Å²) in [5.41, 5.74) is 6.37. The predicted octanol–water partition coefficient (Wildman–Crippen LogP) is 1.87. The monoisotopic (exact) mass is 511 g/mol. The largest absolute Gasteiger partial charge is 0.490 e. The van der Waals surface area contributed by atoms with Crippen LogP contribution < -0.4 is 10.5 Å². The highest BCUT2D eigenvalue weighted by Gasteiger charge is 2.47. The molecule has 1 amide bonds. The van der Waals surface area contributed by atoms with E-state index in [1.54, 1.807) is 29.2 Å². The van der Waals surface area contributed by atoms with Crippen LogP contribution in [0.15, 0.2) is 24.3 Å². The second-order valence-corrected chi connectivity index (χ2v) is 11.7. The lowest BCUT2D eigenvalue weighted by atomic mass is 10.0. The molecule has 2 aliphatic rings. The van der Waals surface area contributed by atoms with Gasteiger partial charge >= 0.3 is 12.1 Å². The highest BCUT2D eigenvalue weighted by atomic mass is 32.2. The first-order valence-corrected chi connectivity index (χ1v) is 13.9. The van der Waals surface area contributed by atoms with Crippen molar-refractivity contribution in [3.05, 3.63) is 29.8 Å². The van der Waals surface area contributed by atoms with Gasteiger partial charge in [0, 0.05) is 25.6 Å². The molecule has 2 fully saturated rings. The van der Waals surface area contributed by atoms with E-state index in [1.807, 2.05) is 6.92 Å². The molecule has 2 atom stereocenters. The average molecular weight is 512 g/mol. The normalized spacial score (nSPS) is 21.5. The van der Waals surface area contributed by atoms with E-state index in [1.165, 1.54) is 0 Å². The summed E-state index contributed by atoms with van der Waals surface area (Å²) < 4.78 is 36.5. The Morgan fingerprint density at radius 2 is 1.89 bits per heavy atom. The first kappa shape index (κ1) is 27.2. The number of aliphatic carboxylic acids is 1. The molecule has 0 bridgehead atoms. The van der Waals surface area contributed by atoms with Gasteiger partial charge in [0.2, 0.25) is 4.87 Å². The lowest BCUT2D eigenvalue weighted by molar-refractivity contribution is -0.140. The van der Waals surface area contributed by atoms with Gasteiger partial charge in [-0.3, -0.25) is 0 Å². The van der Waals surface area contributed by atoms with Crippen LogP contribution in [0, 0.1) is 0 Å². The number of cyclic esters (lactones) is 1. The number of rotatable bonds is 12. The standard InChI is InChI=1S/C24H37N3O7S/c1-3-5-14-35(31,32)24(25,22(28)29)15-18-6-8-20(9-7-18)33-17-21-16-27(23(30)34-21)19-10-12-26(4-2)13-11-19/h6-9,19,21H,3-5,10-17,25H2,1-2H3,(H,28,29). The molecule has 3 N–H and O–H groups in total. The van der Waals surface area contributed by atoms with Crippen molar-refractivity contribution in [2.24, 2.45) is 5.73 Å². The number of ether oxygens (including phenoxy) is 2. The van der Waals surface area contributed by atoms with Gasteiger partial charge in [-0.15, -0.1) is 0 Å². The minimum atomic E-state index is -4.05. The number of hydrogen-bond donors (Lipinski definition) is 2. The van der Waals surface area contributed by atoms with Crippen LogP contribution in [0.5, 0.6) is 5.75 Å². The molecule has 10 nitrogen and oxygen atoms in total. The van der Waals surface area contributed by atoms with E-state index in [2.05, 4.69) is 11.8 Å². The Morgan fingerprint density at radius 1 is 1.23 bits per heavy atom. The van der Waals surface area contributed by atoms with E-state index >= 15 is 0 Å². The lowest BCUT2D eigenvalue weighted by Crippen LogP contribution is -2.57. The molecule has 0 saturated carbocycles. The van der Waals surface area contributed by atoms with E-state index in [0.29, 0.717) is 30.7 Å². The van der Waals surface area contributed by atoms with Gasteiger partial charge in [0.05, 0.1) is 12.3 Å². The smallest absolute Gasteiger partial charge is 0.410 e. The molecular weight excluding hydrogens is 474 g/mol. The average Bonchev–Trinajstić information content (AvgIpc) is 3.22. The van der Waals surface area contributed by atoms with Crippen molar-refractivity contribution in [2.75, 3.05) is 38.5 Å². The quantitative estimate of drug-likeness (QED) is 0.430. The molecule has 3 rings (SSSR count). The minimum absolute atomic E-state index is 0.189. The molecule has 2 saturated heterocycles. The number of hydrogen-bond acceptors (Lipinski definition) is 8. The van der Waals surface area contributed by atoms with Crippen LogP contribution in [0.3, 0.4) is 0 Å². The van der Waals surface area contributed by atoms with Crippen LogP contribution in [-0.4, -0.2) is 90.9 Å². The molecule has 196 valence electrons. The SMILES string of the molecule is CCCCS(=O)(=O)C(N)(Cc1ccc(OCC2CN(C3CCN(CC)CC3)C(=O)O2)cc1)C(=O)O. The van der Waals surface area contributed by atoms with Crippen LogP contribution in [0.4, 0.5) is 4.79 Å². The van der Waals surface area contributed by atoms with Crippen molar-refractivity contribution in [1.29, 1.82) is 0 Å². The van der Waals surface area contributed by atoms with E-state index in [0.717, 1.165) is 32.5 Å². The van der Waals surface area contributed by atoms with Crippen LogP contribution in [-0.2, 0) is 25.8 Å². The van der Waals surface area contributed by atoms with E-state index in [4.69, 9.17) is 15.2 Å². The summed E-state index contributed by atoms with van der Waals surface area (Å²) >= 11 is 0. The van der Waals surface area contributed by atoms with Crippen molar-refractivity contribution in [3.63, 3.8) is 0 Å². The summed E-state index contributed by atoms with van der Waals surface area (Å²) in [5, 5.41) is 9.57. The first-order chi connectivity index (χ1) is 16.6. The summed E-state index contributed by atoms with van der Waals surface area (Å²) in [7, 11) is -4.05. The van der Waals surface area contributed by atoms with Crippen molar-refractivity contribution < 1.29 is 32.6 Å². The van der Waals surface area contributed by atoms with Crippen LogP contribution in [0.2, 0.25) is 0 Å². The van der Waals surface area contributed by atoms with Gasteiger partial charge in [0.25, 0.3) is 0 Å². The van der Waals surface area contributed by atoms with Gasteiger partial charge in [-0.05, 0) is 43.5 Å².